The predicted molar refractivity (Wildman–Crippen MR) is 210 cm³/mol. The van der Waals surface area contributed by atoms with E-state index < -0.39 is 17.7 Å². The number of hydrogen-bond acceptors (Lipinski definition) is 5. The molecule has 2 rings (SSSR count). The van der Waals surface area contributed by atoms with E-state index in [1.165, 1.54) is 166 Å². The molecule has 0 aliphatic rings. The van der Waals surface area contributed by atoms with E-state index in [2.05, 4.69) is 13.8 Å². The summed E-state index contributed by atoms with van der Waals surface area (Å²) in [5, 5.41) is 40.8. The van der Waals surface area contributed by atoms with Crippen molar-refractivity contribution in [3.8, 4) is 11.5 Å². The molecule has 0 aliphatic carbocycles. The van der Waals surface area contributed by atoms with Crippen LogP contribution in [0.15, 0.2) is 36.4 Å². The average molecular weight is 719 g/mol. The topological polar surface area (TPSA) is 121 Å². The van der Waals surface area contributed by atoms with Crippen LogP contribution in [0.25, 0.3) is 0 Å². The largest absolute Gasteiger partial charge is 2.00 e. The molecule has 0 saturated heterocycles. The quantitative estimate of drug-likeness (QED) is 0.0612. The number of phenols is 1. The van der Waals surface area contributed by atoms with Gasteiger partial charge in [-0.15, -0.1) is 0 Å². The van der Waals surface area contributed by atoms with Gasteiger partial charge in [-0.05, 0) is 54.5 Å². The van der Waals surface area contributed by atoms with Crippen LogP contribution in [0.2, 0.25) is 0 Å². The summed E-state index contributed by atoms with van der Waals surface area (Å²) in [6.45, 7) is 4.52. The van der Waals surface area contributed by atoms with Crippen LogP contribution in [0.5, 0.6) is 11.5 Å². The van der Waals surface area contributed by atoms with Gasteiger partial charge < -0.3 is 25.2 Å². The summed E-state index contributed by atoms with van der Waals surface area (Å²) >= 11 is 0. The van der Waals surface area contributed by atoms with Crippen molar-refractivity contribution in [2.75, 3.05) is 0 Å². The van der Waals surface area contributed by atoms with Crippen molar-refractivity contribution in [2.45, 2.75) is 194 Å². The van der Waals surface area contributed by atoms with E-state index in [0.717, 1.165) is 43.2 Å². The minimum atomic E-state index is -1.38. The number of unbranched alkanes of at least 4 members (excludes halogenated alkanes) is 24. The number of benzene rings is 2. The van der Waals surface area contributed by atoms with Gasteiger partial charge in [-0.3, -0.25) is 0 Å². The number of hydrogen-bond donors (Lipinski definition) is 2. The minimum Gasteiger partial charge on any atom is -0.872 e. The molecule has 0 aromatic heterocycles. The molecule has 0 spiro atoms. The first-order valence-electron chi connectivity index (χ1n) is 20.4. The predicted octanol–water partition coefficient (Wildman–Crippen LogP) is 11.1. The number of aryl methyl sites for hydroxylation is 2. The zero-order valence-corrected chi connectivity index (χ0v) is 33.9. The Bertz CT molecular complexity index is 1060. The molecular formula is C44H70MgO6. The molecule has 0 fully saturated rings. The summed E-state index contributed by atoms with van der Waals surface area (Å²) in [4.78, 5) is 21.9. The molecule has 51 heavy (non-hydrogen) atoms. The Labute approximate surface area is 327 Å². The molecule has 0 heterocycles. The normalized spacial score (nSPS) is 10.7. The maximum atomic E-state index is 11.4. The molecule has 284 valence electrons. The Morgan fingerprint density at radius 1 is 0.510 bits per heavy atom. The van der Waals surface area contributed by atoms with Gasteiger partial charge >= 0.3 is 29.0 Å². The third kappa shape index (κ3) is 26.2. The Morgan fingerprint density at radius 2 is 0.824 bits per heavy atom. The fourth-order valence-electron chi connectivity index (χ4n) is 6.50. The maximum Gasteiger partial charge on any atom is 2.00 e. The zero-order chi connectivity index (χ0) is 36.7. The van der Waals surface area contributed by atoms with Crippen LogP contribution in [0.4, 0.5) is 0 Å². The fourth-order valence-corrected chi connectivity index (χ4v) is 6.50. The number of aromatic carboxylic acids is 2. The number of carboxylic acid groups (broad SMARTS) is 2. The number of aromatic hydroxyl groups is 1. The smallest absolute Gasteiger partial charge is 0.872 e. The molecule has 0 unspecified atom stereocenters. The second kappa shape index (κ2) is 33.6. The van der Waals surface area contributed by atoms with Crippen molar-refractivity contribution >= 4 is 35.0 Å². The first kappa shape index (κ1) is 48.7. The van der Waals surface area contributed by atoms with Crippen molar-refractivity contribution in [1.82, 2.24) is 0 Å². The number of rotatable bonds is 30. The SMILES string of the molecule is CCCCCCCCCCCCCCCc1ccc(O)c(C(=O)O)c1.CCCCCCCCCCCCCCCc1ccc([O-])c(C(=O)[O-])c1.[Mg+2]. The molecule has 0 amide bonds. The van der Waals surface area contributed by atoms with Crippen LogP contribution in [-0.4, -0.2) is 45.2 Å². The van der Waals surface area contributed by atoms with Crippen LogP contribution in [0.1, 0.15) is 213 Å². The molecule has 0 atom stereocenters. The number of carbonyl (C=O) groups is 2. The molecule has 2 aromatic carbocycles. The van der Waals surface area contributed by atoms with Gasteiger partial charge in [-0.1, -0.05) is 198 Å². The first-order valence-corrected chi connectivity index (χ1v) is 20.4. The van der Waals surface area contributed by atoms with Gasteiger partial charge in [0, 0.05) is 0 Å². The van der Waals surface area contributed by atoms with Gasteiger partial charge in [0.05, 0.1) is 5.97 Å². The monoisotopic (exact) mass is 719 g/mol. The third-order valence-corrected chi connectivity index (χ3v) is 9.69. The van der Waals surface area contributed by atoms with Crippen LogP contribution in [-0.2, 0) is 12.8 Å². The molecule has 6 nitrogen and oxygen atoms in total. The summed E-state index contributed by atoms with van der Waals surface area (Å²) in [5.74, 6) is -3.06. The first-order chi connectivity index (χ1) is 24.3. The Kier molecular flexibility index (Phi) is 32.1. The molecule has 0 radical (unpaired) electrons. The molecule has 2 aromatic rings. The van der Waals surface area contributed by atoms with Crippen molar-refractivity contribution < 1.29 is 30.0 Å². The zero-order valence-electron chi connectivity index (χ0n) is 32.5. The summed E-state index contributed by atoms with van der Waals surface area (Å²) in [5.41, 5.74) is 1.71. The van der Waals surface area contributed by atoms with E-state index in [4.69, 9.17) is 5.11 Å². The summed E-state index contributed by atoms with van der Waals surface area (Å²) < 4.78 is 0. The third-order valence-electron chi connectivity index (χ3n) is 9.69. The van der Waals surface area contributed by atoms with E-state index in [9.17, 15) is 24.9 Å². The molecular weight excluding hydrogens is 649 g/mol. The van der Waals surface area contributed by atoms with Crippen molar-refractivity contribution in [3.63, 3.8) is 0 Å². The van der Waals surface area contributed by atoms with Crippen LogP contribution in [0, 0.1) is 0 Å². The molecule has 2 N–H and O–H groups in total. The fraction of sp³-hybridized carbons (Fsp3) is 0.682. The van der Waals surface area contributed by atoms with Gasteiger partial charge in [0.2, 0.25) is 0 Å². The van der Waals surface area contributed by atoms with Gasteiger partial charge in [-0.25, -0.2) is 4.79 Å². The van der Waals surface area contributed by atoms with Gasteiger partial charge in [0.15, 0.2) is 0 Å². The second-order valence-corrected chi connectivity index (χ2v) is 14.3. The number of carbonyl (C=O) groups excluding carboxylic acids is 1. The maximum absolute atomic E-state index is 11.4. The Balaban J connectivity index is 0.000000962. The van der Waals surface area contributed by atoms with Gasteiger partial charge in [-0.2, -0.15) is 0 Å². The average Bonchev–Trinajstić information content (AvgIpc) is 3.10. The van der Waals surface area contributed by atoms with E-state index in [-0.39, 0.29) is 39.9 Å². The van der Waals surface area contributed by atoms with Crippen molar-refractivity contribution in [2.24, 2.45) is 0 Å². The van der Waals surface area contributed by atoms with Crippen LogP contribution < -0.4 is 10.2 Å². The van der Waals surface area contributed by atoms with Crippen molar-refractivity contribution in [1.29, 1.82) is 0 Å². The van der Waals surface area contributed by atoms with Crippen LogP contribution in [0.3, 0.4) is 0 Å². The second-order valence-electron chi connectivity index (χ2n) is 14.3. The van der Waals surface area contributed by atoms with E-state index in [1.54, 1.807) is 12.1 Å². The van der Waals surface area contributed by atoms with Gasteiger partial charge in [0.25, 0.3) is 0 Å². The molecule has 0 saturated carbocycles. The molecule has 0 aliphatic heterocycles. The van der Waals surface area contributed by atoms with Crippen LogP contribution >= 0.6 is 0 Å². The molecule has 0 bridgehead atoms. The summed E-state index contributed by atoms with van der Waals surface area (Å²) in [7, 11) is 0. The minimum absolute atomic E-state index is 0. The van der Waals surface area contributed by atoms with Crippen molar-refractivity contribution in [3.05, 3.63) is 58.7 Å². The molecule has 7 heteroatoms. The van der Waals surface area contributed by atoms with Gasteiger partial charge in [0.1, 0.15) is 11.3 Å². The Morgan fingerprint density at radius 3 is 1.16 bits per heavy atom. The van der Waals surface area contributed by atoms with E-state index >= 15 is 0 Å². The summed E-state index contributed by atoms with van der Waals surface area (Å²) in [6, 6.07) is 9.44. The Hall–Kier alpha value is -2.25. The van der Waals surface area contributed by atoms with E-state index in [1.807, 2.05) is 6.07 Å². The standard InChI is InChI=1S/2C22H36O3.Mg/c2*1-2-3-4-5-6-7-8-9-10-11-12-13-14-15-19-16-17-21(23)20(18-19)22(24)25;/h2*16-18,23H,2-15H2,1H3,(H,24,25);/q;;+2/p-2. The number of carboxylic acids is 2. The van der Waals surface area contributed by atoms with E-state index in [0.29, 0.717) is 0 Å². The summed E-state index contributed by atoms with van der Waals surface area (Å²) in [6.07, 6.45) is 36.1.